The fourth-order valence-corrected chi connectivity index (χ4v) is 4.02. The van der Waals surface area contributed by atoms with Crippen LogP contribution in [0.3, 0.4) is 0 Å². The lowest BCUT2D eigenvalue weighted by Gasteiger charge is -2.35. The minimum absolute atomic E-state index is 0.303. The summed E-state index contributed by atoms with van der Waals surface area (Å²) in [5, 5.41) is 0. The van der Waals surface area contributed by atoms with E-state index in [-0.39, 0.29) is 6.09 Å². The highest BCUT2D eigenvalue weighted by atomic mass is 16.6. The van der Waals surface area contributed by atoms with Gasteiger partial charge in [0.15, 0.2) is 0 Å². The smallest absolute Gasteiger partial charge is 0.410 e. The highest BCUT2D eigenvalue weighted by molar-refractivity contribution is 5.69. The molecule has 0 unspecified atom stereocenters. The number of amides is 1. The molecule has 0 aliphatic carbocycles. The quantitative estimate of drug-likeness (QED) is 0.666. The number of ether oxygens (including phenoxy) is 2. The molecule has 2 aromatic rings. The molecule has 33 heavy (non-hydrogen) atoms. The Balaban J connectivity index is 1.52. The van der Waals surface area contributed by atoms with Gasteiger partial charge in [-0.3, -0.25) is 5.43 Å². The van der Waals surface area contributed by atoms with E-state index in [1.54, 1.807) is 4.90 Å². The van der Waals surface area contributed by atoms with Crippen molar-refractivity contribution in [3.05, 3.63) is 46.6 Å². The Labute approximate surface area is 195 Å². The molecular weight excluding hydrogens is 420 g/mol. The summed E-state index contributed by atoms with van der Waals surface area (Å²) in [4.78, 5) is 26.2. The molecule has 0 bridgehead atoms. The number of morpholine rings is 1. The zero-order valence-electron chi connectivity index (χ0n) is 20.0. The monoisotopic (exact) mass is 454 g/mol. The molecule has 9 heteroatoms. The van der Waals surface area contributed by atoms with E-state index < -0.39 is 5.60 Å². The first kappa shape index (κ1) is 23.3. The molecular formula is C24H34N6O3. The highest BCUT2D eigenvalue weighted by Gasteiger charge is 2.30. The molecule has 3 heterocycles. The maximum Gasteiger partial charge on any atom is 0.410 e. The molecule has 4 rings (SSSR count). The van der Waals surface area contributed by atoms with Crippen molar-refractivity contribution < 1.29 is 14.3 Å². The number of hydrogen-bond donors (Lipinski definition) is 2. The van der Waals surface area contributed by atoms with Gasteiger partial charge < -0.3 is 19.3 Å². The SMILES string of the molecule is Cc1cccc(CNNc2nc3c(c(N4CCOCC4)n2)CN(C(=O)OC(C)(C)C)CC3)c1. The molecule has 1 aromatic carbocycles. The fourth-order valence-electron chi connectivity index (χ4n) is 4.02. The second kappa shape index (κ2) is 9.93. The number of rotatable bonds is 5. The van der Waals surface area contributed by atoms with Crippen LogP contribution in [0.1, 0.15) is 43.2 Å². The van der Waals surface area contributed by atoms with Crippen molar-refractivity contribution in [3.63, 3.8) is 0 Å². The Morgan fingerprint density at radius 1 is 1.18 bits per heavy atom. The van der Waals surface area contributed by atoms with E-state index in [1.165, 1.54) is 11.1 Å². The third-order valence-electron chi connectivity index (χ3n) is 5.58. The molecule has 0 atom stereocenters. The van der Waals surface area contributed by atoms with Crippen molar-refractivity contribution in [1.82, 2.24) is 20.3 Å². The van der Waals surface area contributed by atoms with Gasteiger partial charge >= 0.3 is 6.09 Å². The van der Waals surface area contributed by atoms with Gasteiger partial charge in [-0.15, -0.1) is 0 Å². The molecule has 1 fully saturated rings. The lowest BCUT2D eigenvalue weighted by molar-refractivity contribution is 0.0222. The maximum atomic E-state index is 12.7. The minimum atomic E-state index is -0.530. The van der Waals surface area contributed by atoms with Gasteiger partial charge in [-0.1, -0.05) is 29.8 Å². The van der Waals surface area contributed by atoms with Crippen LogP contribution in [0.5, 0.6) is 0 Å². The van der Waals surface area contributed by atoms with Crippen molar-refractivity contribution >= 4 is 17.9 Å². The van der Waals surface area contributed by atoms with Crippen LogP contribution in [0.25, 0.3) is 0 Å². The summed E-state index contributed by atoms with van der Waals surface area (Å²) >= 11 is 0. The molecule has 178 valence electrons. The van der Waals surface area contributed by atoms with E-state index >= 15 is 0 Å². The third-order valence-corrected chi connectivity index (χ3v) is 5.58. The first-order chi connectivity index (χ1) is 15.8. The molecule has 2 aliphatic heterocycles. The largest absolute Gasteiger partial charge is 0.444 e. The minimum Gasteiger partial charge on any atom is -0.444 e. The number of nitrogens with one attached hydrogen (secondary N) is 2. The van der Waals surface area contributed by atoms with Gasteiger partial charge in [0.05, 0.1) is 25.5 Å². The standard InChI is InChI=1S/C24H34N6O3/c1-17-6-5-7-18(14-17)15-25-28-22-26-20-8-9-30(23(31)33-24(2,3)4)16-19(20)21(27-22)29-10-12-32-13-11-29/h5-7,14,25H,8-13,15-16H2,1-4H3,(H,26,27,28). The van der Waals surface area contributed by atoms with Gasteiger partial charge in [0.1, 0.15) is 11.4 Å². The van der Waals surface area contributed by atoms with Crippen molar-refractivity contribution in [2.24, 2.45) is 0 Å². The number of carbonyl (C=O) groups excluding carboxylic acids is 1. The van der Waals surface area contributed by atoms with Crippen LogP contribution in [0, 0.1) is 6.92 Å². The van der Waals surface area contributed by atoms with Crippen LogP contribution in [0.2, 0.25) is 0 Å². The van der Waals surface area contributed by atoms with Crippen LogP contribution in [0.15, 0.2) is 24.3 Å². The van der Waals surface area contributed by atoms with E-state index in [0.717, 1.165) is 30.2 Å². The van der Waals surface area contributed by atoms with Gasteiger partial charge in [0, 0.05) is 38.2 Å². The molecule has 1 aromatic heterocycles. The molecule has 2 aliphatic rings. The number of nitrogens with zero attached hydrogens (tertiary/aromatic N) is 4. The van der Waals surface area contributed by atoms with E-state index in [9.17, 15) is 4.79 Å². The van der Waals surface area contributed by atoms with Gasteiger partial charge in [-0.25, -0.2) is 15.2 Å². The summed E-state index contributed by atoms with van der Waals surface area (Å²) in [6.07, 6.45) is 0.351. The second-order valence-electron chi connectivity index (χ2n) is 9.51. The number of aromatic nitrogens is 2. The van der Waals surface area contributed by atoms with Crippen LogP contribution in [0.4, 0.5) is 16.6 Å². The van der Waals surface area contributed by atoms with Crippen LogP contribution >= 0.6 is 0 Å². The molecule has 1 amide bonds. The number of benzene rings is 1. The fraction of sp³-hybridized carbons (Fsp3) is 0.542. The first-order valence-corrected chi connectivity index (χ1v) is 11.5. The molecule has 0 spiro atoms. The second-order valence-corrected chi connectivity index (χ2v) is 9.51. The Kier molecular flexibility index (Phi) is 6.99. The van der Waals surface area contributed by atoms with Gasteiger partial charge in [0.2, 0.25) is 5.95 Å². The van der Waals surface area contributed by atoms with E-state index in [2.05, 4.69) is 46.9 Å². The van der Waals surface area contributed by atoms with E-state index in [4.69, 9.17) is 19.4 Å². The molecule has 1 saturated heterocycles. The van der Waals surface area contributed by atoms with Gasteiger partial charge in [-0.2, -0.15) is 4.98 Å². The van der Waals surface area contributed by atoms with Crippen LogP contribution in [-0.2, 0) is 29.0 Å². The molecule has 9 nitrogen and oxygen atoms in total. The van der Waals surface area contributed by atoms with Crippen LogP contribution in [-0.4, -0.2) is 59.4 Å². The summed E-state index contributed by atoms with van der Waals surface area (Å²) in [5.74, 6) is 1.39. The summed E-state index contributed by atoms with van der Waals surface area (Å²) in [7, 11) is 0. The average molecular weight is 455 g/mol. The highest BCUT2D eigenvalue weighted by Crippen LogP contribution is 2.29. The Bertz CT molecular complexity index is 985. The number of hydrazine groups is 1. The molecule has 2 N–H and O–H groups in total. The number of anilines is 2. The number of carbonyl (C=O) groups is 1. The van der Waals surface area contributed by atoms with Crippen molar-refractivity contribution in [2.45, 2.75) is 52.8 Å². The van der Waals surface area contributed by atoms with Crippen molar-refractivity contribution in [1.29, 1.82) is 0 Å². The molecule has 0 radical (unpaired) electrons. The number of fused-ring (bicyclic) bond motifs is 1. The maximum absolute atomic E-state index is 12.7. The predicted octanol–water partition coefficient (Wildman–Crippen LogP) is 3.03. The van der Waals surface area contributed by atoms with Crippen molar-refractivity contribution in [3.8, 4) is 0 Å². The van der Waals surface area contributed by atoms with Gasteiger partial charge in [0.25, 0.3) is 0 Å². The van der Waals surface area contributed by atoms with Crippen molar-refractivity contribution in [2.75, 3.05) is 43.2 Å². The summed E-state index contributed by atoms with van der Waals surface area (Å²) in [6.45, 7) is 12.2. The zero-order valence-corrected chi connectivity index (χ0v) is 20.0. The van der Waals surface area contributed by atoms with Crippen LogP contribution < -0.4 is 15.8 Å². The lowest BCUT2D eigenvalue weighted by Crippen LogP contribution is -2.43. The topological polar surface area (TPSA) is 91.9 Å². The number of hydrogen-bond acceptors (Lipinski definition) is 8. The summed E-state index contributed by atoms with van der Waals surface area (Å²) in [6, 6.07) is 8.36. The zero-order chi connectivity index (χ0) is 23.4. The average Bonchev–Trinajstić information content (AvgIpc) is 2.78. The van der Waals surface area contributed by atoms with E-state index in [0.29, 0.717) is 45.2 Å². The third kappa shape index (κ3) is 6.11. The molecule has 0 saturated carbocycles. The van der Waals surface area contributed by atoms with E-state index in [1.807, 2.05) is 20.8 Å². The summed E-state index contributed by atoms with van der Waals surface area (Å²) < 4.78 is 11.1. The Morgan fingerprint density at radius 2 is 1.97 bits per heavy atom. The summed E-state index contributed by atoms with van der Waals surface area (Å²) in [5.41, 5.74) is 10.2. The Morgan fingerprint density at radius 3 is 2.70 bits per heavy atom. The van der Waals surface area contributed by atoms with Gasteiger partial charge in [-0.05, 0) is 33.3 Å². The Hall–Kier alpha value is -2.91. The lowest BCUT2D eigenvalue weighted by atomic mass is 10.1. The predicted molar refractivity (Wildman–Crippen MR) is 127 cm³/mol. The normalized spacial score (nSPS) is 16.4. The number of aryl methyl sites for hydroxylation is 1. The first-order valence-electron chi connectivity index (χ1n) is 11.5.